The normalized spacial score (nSPS) is 29.8. The van der Waals surface area contributed by atoms with Gasteiger partial charge >= 0.3 is 0 Å². The molecule has 2 saturated heterocycles. The highest BCUT2D eigenvalue weighted by Crippen LogP contribution is 2.40. The number of hydrogen-bond acceptors (Lipinski definition) is 14. The van der Waals surface area contributed by atoms with Crippen molar-refractivity contribution in [2.45, 2.75) is 82.5 Å². The molecule has 2 aliphatic heterocycles. The summed E-state index contributed by atoms with van der Waals surface area (Å²) in [6.45, 7) is 4.76. The van der Waals surface area contributed by atoms with E-state index in [4.69, 9.17) is 28.1 Å². The molecule has 2 aromatic carbocycles. The molecule has 0 aliphatic carbocycles. The van der Waals surface area contributed by atoms with Gasteiger partial charge < -0.3 is 63.8 Å². The summed E-state index contributed by atoms with van der Waals surface area (Å²) in [4.78, 5) is 14.2. The Labute approximate surface area is 263 Å². The lowest BCUT2D eigenvalue weighted by Gasteiger charge is -2.44. The van der Waals surface area contributed by atoms with Crippen LogP contribution in [0.5, 0.6) is 23.0 Å². The average Bonchev–Trinajstić information content (AvgIpc) is 3.02. The Hall–Kier alpha value is -3.73. The van der Waals surface area contributed by atoms with Gasteiger partial charge in [0.2, 0.25) is 17.5 Å². The van der Waals surface area contributed by atoms with E-state index < -0.39 is 78.8 Å². The molecule has 14 heteroatoms. The van der Waals surface area contributed by atoms with Crippen molar-refractivity contribution in [1.29, 1.82) is 0 Å². The van der Waals surface area contributed by atoms with Crippen LogP contribution in [0.4, 0.5) is 0 Å². The van der Waals surface area contributed by atoms with Crippen LogP contribution >= 0.6 is 0 Å². The summed E-state index contributed by atoms with van der Waals surface area (Å²) in [5.74, 6) is -0.982. The maximum absolute atomic E-state index is 14.2. The van der Waals surface area contributed by atoms with E-state index in [-0.39, 0.29) is 34.5 Å². The van der Waals surface area contributed by atoms with Gasteiger partial charge in [-0.2, -0.15) is 0 Å². The highest BCUT2D eigenvalue weighted by molar-refractivity contribution is 5.91. The summed E-state index contributed by atoms with van der Waals surface area (Å²) < 4.78 is 34.5. The summed E-state index contributed by atoms with van der Waals surface area (Å²) in [6, 6.07) is 7.42. The van der Waals surface area contributed by atoms with Crippen molar-refractivity contribution in [3.05, 3.63) is 57.8 Å². The summed E-state index contributed by atoms with van der Waals surface area (Å²) >= 11 is 0. The molecular weight excluding hydrogens is 608 g/mol. The number of ether oxygens (including phenoxy) is 5. The predicted molar refractivity (Wildman–Crippen MR) is 161 cm³/mol. The third-order valence-corrected chi connectivity index (χ3v) is 8.01. The molecule has 5 rings (SSSR count). The van der Waals surface area contributed by atoms with Crippen LogP contribution in [-0.4, -0.2) is 105 Å². The Morgan fingerprint density at radius 2 is 1.65 bits per heavy atom. The van der Waals surface area contributed by atoms with Crippen molar-refractivity contribution in [3.8, 4) is 34.3 Å². The number of fused-ring (bicyclic) bond motifs is 1. The van der Waals surface area contributed by atoms with Gasteiger partial charge in [0.05, 0.1) is 19.8 Å². The fourth-order valence-electron chi connectivity index (χ4n) is 5.32. The number of phenols is 2. The molecule has 9 atom stereocenters. The second-order valence-corrected chi connectivity index (χ2v) is 11.6. The minimum absolute atomic E-state index is 0.0920. The second-order valence-electron chi connectivity index (χ2n) is 11.6. The van der Waals surface area contributed by atoms with Gasteiger partial charge in [-0.1, -0.05) is 11.6 Å². The zero-order chi connectivity index (χ0) is 33.4. The molecule has 46 heavy (non-hydrogen) atoms. The minimum Gasteiger partial charge on any atom is -0.507 e. The first-order valence-electron chi connectivity index (χ1n) is 14.6. The molecule has 3 heterocycles. The molecule has 0 unspecified atom stereocenters. The van der Waals surface area contributed by atoms with E-state index in [1.807, 2.05) is 19.9 Å². The average molecular weight is 647 g/mol. The molecule has 3 aromatic rings. The van der Waals surface area contributed by atoms with Crippen molar-refractivity contribution < 1.29 is 63.8 Å². The van der Waals surface area contributed by atoms with E-state index in [2.05, 4.69) is 0 Å². The van der Waals surface area contributed by atoms with Crippen LogP contribution in [0.25, 0.3) is 22.3 Å². The van der Waals surface area contributed by atoms with Crippen LogP contribution < -0.4 is 14.9 Å². The van der Waals surface area contributed by atoms with E-state index >= 15 is 0 Å². The monoisotopic (exact) mass is 646 g/mol. The number of hydrogen-bond donors (Lipinski definition) is 7. The van der Waals surface area contributed by atoms with Gasteiger partial charge in [0.25, 0.3) is 0 Å². The smallest absolute Gasteiger partial charge is 0.239 e. The van der Waals surface area contributed by atoms with Crippen LogP contribution in [0.2, 0.25) is 0 Å². The van der Waals surface area contributed by atoms with Gasteiger partial charge in [0.15, 0.2) is 18.2 Å². The summed E-state index contributed by atoms with van der Waals surface area (Å²) in [6.07, 6.45) is -11.9. The Morgan fingerprint density at radius 1 is 0.957 bits per heavy atom. The molecule has 14 nitrogen and oxygen atoms in total. The molecule has 0 amide bonds. The van der Waals surface area contributed by atoms with Crippen LogP contribution in [0.1, 0.15) is 26.3 Å². The molecule has 0 radical (unpaired) electrons. The van der Waals surface area contributed by atoms with Gasteiger partial charge in [-0.3, -0.25) is 4.79 Å². The first-order valence-corrected chi connectivity index (χ1v) is 14.6. The summed E-state index contributed by atoms with van der Waals surface area (Å²) in [5, 5.41) is 73.3. The van der Waals surface area contributed by atoms with E-state index in [1.54, 1.807) is 24.3 Å². The van der Waals surface area contributed by atoms with Gasteiger partial charge in [-0.05, 0) is 51.5 Å². The SMILES string of the molecule is COc1ccc(-c2oc3c(CC=C(C)C)c(O)cc(O)c3c(=O)c2O[C@@H]2O[C@@H](C)[C@H](O)[C@@H](O)[C@@H]2O[C@@H]2OC[C@@H](O)[C@@H](O)[C@H]2O)cc1. The molecule has 2 aliphatic rings. The van der Waals surface area contributed by atoms with Gasteiger partial charge in [-0.15, -0.1) is 0 Å². The quantitative estimate of drug-likeness (QED) is 0.170. The number of allylic oxidation sites excluding steroid dienone is 2. The van der Waals surface area contributed by atoms with Crippen molar-refractivity contribution in [2.75, 3.05) is 13.7 Å². The third kappa shape index (κ3) is 6.43. The topological polar surface area (TPSA) is 218 Å². The zero-order valence-electron chi connectivity index (χ0n) is 25.6. The largest absolute Gasteiger partial charge is 0.507 e. The number of phenolic OH excluding ortho intramolecular Hbond substituents is 2. The van der Waals surface area contributed by atoms with Crippen molar-refractivity contribution in [2.24, 2.45) is 0 Å². The fraction of sp³-hybridized carbons (Fsp3) is 0.469. The Bertz CT molecular complexity index is 1630. The van der Waals surface area contributed by atoms with Crippen molar-refractivity contribution in [1.82, 2.24) is 0 Å². The van der Waals surface area contributed by atoms with Crippen molar-refractivity contribution in [3.63, 3.8) is 0 Å². The van der Waals surface area contributed by atoms with Crippen LogP contribution in [-0.2, 0) is 20.6 Å². The highest BCUT2D eigenvalue weighted by atomic mass is 16.8. The fourth-order valence-corrected chi connectivity index (χ4v) is 5.32. The second kappa shape index (κ2) is 13.6. The number of aromatic hydroxyl groups is 2. The lowest BCUT2D eigenvalue weighted by Crippen LogP contribution is -2.62. The number of benzene rings is 2. The zero-order valence-corrected chi connectivity index (χ0v) is 25.6. The lowest BCUT2D eigenvalue weighted by atomic mass is 9.99. The Kier molecular flexibility index (Phi) is 9.91. The first kappa shape index (κ1) is 33.6. The Balaban J connectivity index is 1.65. The molecular formula is C32H38O14. The molecule has 250 valence electrons. The number of methoxy groups -OCH3 is 1. The van der Waals surface area contributed by atoms with Crippen LogP contribution in [0.15, 0.2) is 51.2 Å². The molecule has 0 bridgehead atoms. The number of aliphatic hydroxyl groups excluding tert-OH is 5. The van der Waals surface area contributed by atoms with Crippen LogP contribution in [0.3, 0.4) is 0 Å². The first-order chi connectivity index (χ1) is 21.8. The predicted octanol–water partition coefficient (Wildman–Crippen LogP) is 1.06. The Morgan fingerprint density at radius 3 is 2.30 bits per heavy atom. The highest BCUT2D eigenvalue weighted by Gasteiger charge is 2.49. The van der Waals surface area contributed by atoms with E-state index in [1.165, 1.54) is 14.0 Å². The number of rotatable bonds is 8. The maximum Gasteiger partial charge on any atom is 0.239 e. The maximum atomic E-state index is 14.2. The van der Waals surface area contributed by atoms with Crippen molar-refractivity contribution >= 4 is 11.0 Å². The molecule has 0 saturated carbocycles. The van der Waals surface area contributed by atoms with Gasteiger partial charge in [-0.25, -0.2) is 0 Å². The number of aliphatic hydroxyl groups is 5. The summed E-state index contributed by atoms with van der Waals surface area (Å²) in [5.41, 5.74) is 0.550. The summed E-state index contributed by atoms with van der Waals surface area (Å²) in [7, 11) is 1.48. The molecule has 0 spiro atoms. The van der Waals surface area contributed by atoms with Gasteiger partial charge in [0.1, 0.15) is 58.7 Å². The standard InChI is InChI=1S/C32H38O14/c1-13(2)5-10-17-18(33)11-19(34)21-24(38)29(27(44-28(17)21)15-6-8-16(41-4)9-7-15)45-32-30(25(39)22(36)14(3)43-32)46-31-26(40)23(37)20(35)12-42-31/h5-9,11,14,20,22-23,25-26,30-37,39-40H,10,12H2,1-4H3/t14-,20+,22-,23+,25+,26+,30-,31-,32-/m0/s1. The molecule has 7 N–H and O–H groups in total. The van der Waals surface area contributed by atoms with E-state index in [0.717, 1.165) is 11.6 Å². The molecule has 1 aromatic heterocycles. The van der Waals surface area contributed by atoms with E-state index in [0.29, 0.717) is 11.3 Å². The minimum atomic E-state index is -1.75. The lowest BCUT2D eigenvalue weighted by molar-refractivity contribution is -0.341. The van der Waals surface area contributed by atoms with E-state index in [9.17, 15) is 40.5 Å². The third-order valence-electron chi connectivity index (χ3n) is 8.01. The van der Waals surface area contributed by atoms with Crippen LogP contribution in [0, 0.1) is 0 Å². The molecule has 2 fully saturated rings. The van der Waals surface area contributed by atoms with Gasteiger partial charge in [0, 0.05) is 17.2 Å².